The molecule has 0 unspecified atom stereocenters. The summed E-state index contributed by atoms with van der Waals surface area (Å²) in [6.07, 6.45) is 13.6. The van der Waals surface area contributed by atoms with Gasteiger partial charge in [-0.2, -0.15) is 0 Å². The number of hydrogen-bond acceptors (Lipinski definition) is 4. The number of ether oxygens (including phenoxy) is 1. The van der Waals surface area contributed by atoms with Crippen LogP contribution in [0.2, 0.25) is 0 Å². The molecule has 160 valence electrons. The van der Waals surface area contributed by atoms with Gasteiger partial charge in [0, 0.05) is 0 Å². The summed E-state index contributed by atoms with van der Waals surface area (Å²) in [6, 6.07) is 13.7. The van der Waals surface area contributed by atoms with Crippen molar-refractivity contribution in [3.63, 3.8) is 0 Å². The van der Waals surface area contributed by atoms with E-state index in [2.05, 4.69) is 6.92 Å². The Kier molecular flexibility index (Phi) is 14.4. The third-order valence-electron chi connectivity index (χ3n) is 5.07. The molecule has 0 aliphatic rings. The van der Waals surface area contributed by atoms with Crippen molar-refractivity contribution in [1.29, 1.82) is 0 Å². The van der Waals surface area contributed by atoms with Gasteiger partial charge in [-0.3, -0.25) is 0 Å². The molecule has 2 aromatic rings. The van der Waals surface area contributed by atoms with Crippen LogP contribution in [-0.4, -0.2) is 13.0 Å². The van der Waals surface area contributed by atoms with E-state index in [4.69, 9.17) is 4.74 Å². The fraction of sp³-hybridized carbons (Fsp3) is 0.500. The van der Waals surface area contributed by atoms with E-state index >= 15 is 0 Å². The Hall–Kier alpha value is -0.214. The third kappa shape index (κ3) is 10.9. The Balaban J connectivity index is 0.00000450. The predicted octanol–water partition coefficient (Wildman–Crippen LogP) is 3.85. The first-order chi connectivity index (χ1) is 14.0. The molecule has 0 N–H and O–H groups in total. The number of rotatable bonds is 14. The van der Waals surface area contributed by atoms with E-state index in [1.807, 2.05) is 6.07 Å². The first-order valence-corrected chi connectivity index (χ1v) is 12.2. The number of unbranched alkanes of at least 4 members (excludes halogenated alkanes) is 9. The quantitative estimate of drug-likeness (QED) is 0.246. The van der Waals surface area contributed by atoms with Crippen molar-refractivity contribution in [2.75, 3.05) is 0 Å². The fourth-order valence-electron chi connectivity index (χ4n) is 3.43. The Morgan fingerprint density at radius 3 is 1.93 bits per heavy atom. The Labute approximate surface area is 225 Å². The zero-order valence-electron chi connectivity index (χ0n) is 18.4. The molecule has 0 heterocycles. The maximum absolute atomic E-state index is 11.6. The fourth-order valence-corrected chi connectivity index (χ4v) is 4.01. The number of para-hydroxylation sites is 1. The van der Waals surface area contributed by atoms with Gasteiger partial charge in [0.15, 0.2) is 0 Å². The van der Waals surface area contributed by atoms with Gasteiger partial charge in [0.1, 0.15) is 21.6 Å². The molecule has 0 amide bonds. The van der Waals surface area contributed by atoms with Gasteiger partial charge in [0.25, 0.3) is 0 Å². The third-order valence-corrected chi connectivity index (χ3v) is 5.94. The molecule has 2 aromatic carbocycles. The van der Waals surface area contributed by atoms with Crippen LogP contribution in [0.15, 0.2) is 53.4 Å². The van der Waals surface area contributed by atoms with Crippen LogP contribution in [0.1, 0.15) is 76.7 Å². The van der Waals surface area contributed by atoms with E-state index in [-0.39, 0.29) is 62.0 Å². The SMILES string of the molecule is CCCCCCCCCCCCc1ccc(S(=O)(=O)[O-])c(Oc2ccccc2)c1.[K+]. The van der Waals surface area contributed by atoms with Crippen LogP contribution in [0.25, 0.3) is 0 Å². The second-order valence-electron chi connectivity index (χ2n) is 7.58. The van der Waals surface area contributed by atoms with Gasteiger partial charge in [0.2, 0.25) is 0 Å². The number of aryl methyl sites for hydroxylation is 1. The molecule has 0 atom stereocenters. The smallest absolute Gasteiger partial charge is 0.744 e. The van der Waals surface area contributed by atoms with Gasteiger partial charge in [-0.25, -0.2) is 8.42 Å². The van der Waals surface area contributed by atoms with Crippen molar-refractivity contribution in [3.8, 4) is 11.5 Å². The molecule has 6 heteroatoms. The molecule has 0 saturated heterocycles. The van der Waals surface area contributed by atoms with Crippen molar-refractivity contribution >= 4 is 10.1 Å². The van der Waals surface area contributed by atoms with Crippen LogP contribution >= 0.6 is 0 Å². The largest absolute Gasteiger partial charge is 1.00 e. The molecule has 4 nitrogen and oxygen atoms in total. The molecule has 0 radical (unpaired) electrons. The van der Waals surface area contributed by atoms with Crippen LogP contribution in [0, 0.1) is 0 Å². The standard InChI is InChI=1S/C24H34O4S.K/c1-2-3-4-5-6-7-8-9-10-12-15-21-18-19-24(29(25,26)27)23(20-21)28-22-16-13-11-14-17-22;/h11,13-14,16-20H,2-10,12,15H2,1H3,(H,25,26,27);/q;+1/p-1. The van der Waals surface area contributed by atoms with Crippen LogP contribution in [-0.2, 0) is 16.5 Å². The second-order valence-corrected chi connectivity index (χ2v) is 8.93. The van der Waals surface area contributed by atoms with Crippen LogP contribution in [0.4, 0.5) is 0 Å². The maximum Gasteiger partial charge on any atom is 1.00 e. The molecule has 0 aromatic heterocycles. The van der Waals surface area contributed by atoms with Crippen molar-refractivity contribution < 1.29 is 69.1 Å². The molecule has 2 rings (SSSR count). The summed E-state index contributed by atoms with van der Waals surface area (Å²) in [5.74, 6) is 0.615. The average Bonchev–Trinajstić information content (AvgIpc) is 2.69. The predicted molar refractivity (Wildman–Crippen MR) is 116 cm³/mol. The van der Waals surface area contributed by atoms with E-state index in [0.717, 1.165) is 24.8 Å². The summed E-state index contributed by atoms with van der Waals surface area (Å²) in [7, 11) is -4.59. The minimum absolute atomic E-state index is 0. The second kappa shape index (κ2) is 15.6. The van der Waals surface area contributed by atoms with Crippen molar-refractivity contribution in [1.82, 2.24) is 0 Å². The Morgan fingerprint density at radius 2 is 1.37 bits per heavy atom. The topological polar surface area (TPSA) is 66.4 Å². The van der Waals surface area contributed by atoms with Crippen molar-refractivity contribution in [2.24, 2.45) is 0 Å². The van der Waals surface area contributed by atoms with E-state index in [0.29, 0.717) is 5.75 Å². The van der Waals surface area contributed by atoms with Crippen LogP contribution in [0.3, 0.4) is 0 Å². The monoisotopic (exact) mass is 456 g/mol. The summed E-state index contributed by atoms with van der Waals surface area (Å²) < 4.78 is 40.4. The number of benzene rings is 2. The summed E-state index contributed by atoms with van der Waals surface area (Å²) >= 11 is 0. The minimum atomic E-state index is -4.59. The molecule has 0 bridgehead atoms. The maximum atomic E-state index is 11.6. The molecular weight excluding hydrogens is 423 g/mol. The number of hydrogen-bond donors (Lipinski definition) is 0. The van der Waals surface area contributed by atoms with E-state index in [9.17, 15) is 13.0 Å². The zero-order chi connectivity index (χ0) is 21.0. The van der Waals surface area contributed by atoms with Gasteiger partial charge in [-0.15, -0.1) is 0 Å². The summed E-state index contributed by atoms with van der Waals surface area (Å²) in [5.41, 5.74) is 0.989. The van der Waals surface area contributed by atoms with Crippen molar-refractivity contribution in [3.05, 3.63) is 54.1 Å². The van der Waals surface area contributed by atoms with Gasteiger partial charge < -0.3 is 9.29 Å². The molecule has 30 heavy (non-hydrogen) atoms. The Bertz CT molecular complexity index is 822. The average molecular weight is 457 g/mol. The summed E-state index contributed by atoms with van der Waals surface area (Å²) in [6.45, 7) is 2.24. The molecule has 0 aliphatic heterocycles. The van der Waals surface area contributed by atoms with Crippen LogP contribution < -0.4 is 56.1 Å². The van der Waals surface area contributed by atoms with Gasteiger partial charge in [-0.05, 0) is 42.7 Å². The molecule has 0 spiro atoms. The van der Waals surface area contributed by atoms with Gasteiger partial charge >= 0.3 is 51.4 Å². The molecule has 0 aliphatic carbocycles. The van der Waals surface area contributed by atoms with E-state index in [1.165, 1.54) is 57.4 Å². The zero-order valence-corrected chi connectivity index (χ0v) is 22.4. The normalized spacial score (nSPS) is 11.1. The summed E-state index contributed by atoms with van der Waals surface area (Å²) in [4.78, 5) is -0.312. The van der Waals surface area contributed by atoms with Crippen LogP contribution in [0.5, 0.6) is 11.5 Å². The van der Waals surface area contributed by atoms with E-state index < -0.39 is 10.1 Å². The van der Waals surface area contributed by atoms with E-state index in [1.54, 1.807) is 36.4 Å². The molecular formula is C24H33KO4S. The van der Waals surface area contributed by atoms with Gasteiger partial charge in [-0.1, -0.05) is 89.0 Å². The van der Waals surface area contributed by atoms with Crippen molar-refractivity contribution in [2.45, 2.75) is 82.4 Å². The first-order valence-electron chi connectivity index (χ1n) is 10.8. The summed E-state index contributed by atoms with van der Waals surface area (Å²) in [5, 5.41) is 0. The molecule has 0 fully saturated rings. The van der Waals surface area contributed by atoms with Gasteiger partial charge in [0.05, 0.1) is 4.90 Å². The first kappa shape index (κ1) is 27.8. The molecule has 0 saturated carbocycles. The minimum Gasteiger partial charge on any atom is -0.744 e. The Morgan fingerprint density at radius 1 is 0.800 bits per heavy atom.